The lowest BCUT2D eigenvalue weighted by molar-refractivity contribution is 0.271. The Morgan fingerprint density at radius 1 is 1.10 bits per heavy atom. The van der Waals surface area contributed by atoms with Crippen molar-refractivity contribution in [3.63, 3.8) is 0 Å². The number of imidazole rings is 1. The van der Waals surface area contributed by atoms with Crippen molar-refractivity contribution in [1.29, 1.82) is 0 Å². The molecule has 0 saturated heterocycles. The minimum atomic E-state index is -0.0858. The number of aliphatic hydroxyl groups is 1. The number of hydrogen-bond donors (Lipinski definition) is 2. The van der Waals surface area contributed by atoms with Gasteiger partial charge in [0.1, 0.15) is 0 Å². The molecular formula is C22H32N6O. The fraction of sp³-hybridized carbons (Fsp3) is 0.500. The second-order valence-corrected chi connectivity index (χ2v) is 7.93. The molecule has 0 aliphatic heterocycles. The second kappa shape index (κ2) is 9.22. The summed E-state index contributed by atoms with van der Waals surface area (Å²) in [5.74, 6) is 1.33. The first-order valence-corrected chi connectivity index (χ1v) is 10.4. The van der Waals surface area contributed by atoms with E-state index in [1.165, 1.54) is 5.56 Å². The summed E-state index contributed by atoms with van der Waals surface area (Å²) in [4.78, 5) is 16.5. The first-order valence-electron chi connectivity index (χ1n) is 10.4. The number of aliphatic hydroxyl groups excluding tert-OH is 1. The van der Waals surface area contributed by atoms with E-state index in [1.54, 1.807) is 0 Å². The lowest BCUT2D eigenvalue weighted by Gasteiger charge is -2.29. The number of rotatable bonds is 9. The average Bonchev–Trinajstić information content (AvgIpc) is 3.14. The molecule has 3 rings (SSSR count). The number of nitrogens with one attached hydrogen (secondary N) is 1. The van der Waals surface area contributed by atoms with Crippen molar-refractivity contribution in [3.05, 3.63) is 42.2 Å². The monoisotopic (exact) mass is 396 g/mol. The van der Waals surface area contributed by atoms with Crippen LogP contribution in [-0.4, -0.2) is 43.3 Å². The zero-order chi connectivity index (χ0) is 21.0. The Labute approximate surface area is 172 Å². The van der Waals surface area contributed by atoms with Gasteiger partial charge in [-0.25, -0.2) is 4.98 Å². The molecule has 0 spiro atoms. The van der Waals surface area contributed by atoms with Crippen molar-refractivity contribution >= 4 is 22.9 Å². The molecule has 0 radical (unpaired) electrons. The van der Waals surface area contributed by atoms with E-state index < -0.39 is 0 Å². The summed E-state index contributed by atoms with van der Waals surface area (Å²) >= 11 is 0. The van der Waals surface area contributed by atoms with Crippen LogP contribution in [0.25, 0.3) is 11.2 Å². The van der Waals surface area contributed by atoms with Crippen LogP contribution in [0.2, 0.25) is 0 Å². The molecule has 0 bridgehead atoms. The van der Waals surface area contributed by atoms with Crippen LogP contribution >= 0.6 is 0 Å². The summed E-state index contributed by atoms with van der Waals surface area (Å²) in [6.07, 6.45) is 2.62. The summed E-state index contributed by atoms with van der Waals surface area (Å²) in [5, 5.41) is 12.9. The largest absolute Gasteiger partial charge is 0.394 e. The Kier molecular flexibility index (Phi) is 6.69. The minimum absolute atomic E-state index is 0.0363. The highest BCUT2D eigenvalue weighted by atomic mass is 16.3. The Balaban J connectivity index is 2.12. The summed E-state index contributed by atoms with van der Waals surface area (Å²) < 4.78 is 2.06. The third-order valence-corrected chi connectivity index (χ3v) is 5.10. The summed E-state index contributed by atoms with van der Waals surface area (Å²) in [7, 11) is 0. The summed E-state index contributed by atoms with van der Waals surface area (Å²) in [5.41, 5.74) is 2.82. The van der Waals surface area contributed by atoms with Crippen molar-refractivity contribution in [1.82, 2.24) is 19.5 Å². The van der Waals surface area contributed by atoms with Gasteiger partial charge in [-0.3, -0.25) is 0 Å². The van der Waals surface area contributed by atoms with Crippen LogP contribution in [0.1, 0.15) is 52.6 Å². The van der Waals surface area contributed by atoms with Crippen LogP contribution in [0.3, 0.4) is 0 Å². The molecule has 1 atom stereocenters. The molecule has 7 nitrogen and oxygen atoms in total. The van der Waals surface area contributed by atoms with Crippen molar-refractivity contribution in [3.8, 4) is 0 Å². The molecule has 29 heavy (non-hydrogen) atoms. The fourth-order valence-corrected chi connectivity index (χ4v) is 3.29. The van der Waals surface area contributed by atoms with Crippen LogP contribution in [0, 0.1) is 0 Å². The molecule has 2 aromatic heterocycles. The Morgan fingerprint density at radius 3 is 2.41 bits per heavy atom. The summed E-state index contributed by atoms with van der Waals surface area (Å²) in [6.45, 7) is 11.3. The molecule has 2 N–H and O–H groups in total. The standard InChI is InChI=1S/C22H32N6O/c1-6-18(13-29)24-22-25-20(19-21(26-22)28(14-23-19)16(4)5)27(15(2)3)12-17-10-8-7-9-11-17/h7-11,14-16,18,29H,6,12-13H2,1-5H3,(H,24,25,26). The molecule has 1 aromatic carbocycles. The van der Waals surface area contributed by atoms with E-state index in [-0.39, 0.29) is 24.7 Å². The van der Waals surface area contributed by atoms with Crippen LogP contribution in [-0.2, 0) is 6.54 Å². The number of nitrogens with zero attached hydrogens (tertiary/aromatic N) is 5. The highest BCUT2D eigenvalue weighted by Gasteiger charge is 2.22. The lowest BCUT2D eigenvalue weighted by atomic mass is 10.2. The molecule has 1 unspecified atom stereocenters. The predicted octanol–water partition coefficient (Wildman–Crippen LogP) is 4.01. The van der Waals surface area contributed by atoms with Crippen molar-refractivity contribution in [2.75, 3.05) is 16.8 Å². The quantitative estimate of drug-likeness (QED) is 0.569. The molecule has 3 aromatic rings. The first kappa shape index (κ1) is 21.0. The van der Waals surface area contributed by atoms with E-state index in [2.05, 4.69) is 71.7 Å². The summed E-state index contributed by atoms with van der Waals surface area (Å²) in [6, 6.07) is 10.8. The molecule has 0 amide bonds. The van der Waals surface area contributed by atoms with Gasteiger partial charge in [0.05, 0.1) is 19.0 Å². The highest BCUT2D eigenvalue weighted by molar-refractivity contribution is 5.85. The van der Waals surface area contributed by atoms with E-state index in [9.17, 15) is 5.11 Å². The molecule has 156 valence electrons. The Morgan fingerprint density at radius 2 is 1.83 bits per heavy atom. The zero-order valence-electron chi connectivity index (χ0n) is 18.0. The fourth-order valence-electron chi connectivity index (χ4n) is 3.29. The molecule has 2 heterocycles. The van der Waals surface area contributed by atoms with Crippen LogP contribution in [0.5, 0.6) is 0 Å². The number of fused-ring (bicyclic) bond motifs is 1. The normalized spacial score (nSPS) is 12.7. The number of hydrogen-bond acceptors (Lipinski definition) is 6. The molecule has 0 fully saturated rings. The topological polar surface area (TPSA) is 79.1 Å². The van der Waals surface area contributed by atoms with E-state index in [4.69, 9.17) is 9.97 Å². The number of anilines is 2. The zero-order valence-corrected chi connectivity index (χ0v) is 18.0. The van der Waals surface area contributed by atoms with Gasteiger partial charge in [-0.15, -0.1) is 0 Å². The number of benzene rings is 1. The van der Waals surface area contributed by atoms with Gasteiger partial charge in [0.2, 0.25) is 5.95 Å². The maximum Gasteiger partial charge on any atom is 0.227 e. The van der Waals surface area contributed by atoms with Crippen LogP contribution in [0.15, 0.2) is 36.7 Å². The molecular weight excluding hydrogens is 364 g/mol. The van der Waals surface area contributed by atoms with Crippen molar-refractivity contribution in [2.24, 2.45) is 0 Å². The van der Waals surface area contributed by atoms with Gasteiger partial charge < -0.3 is 19.9 Å². The van der Waals surface area contributed by atoms with Gasteiger partial charge in [-0.05, 0) is 39.7 Å². The number of aromatic nitrogens is 4. The van der Waals surface area contributed by atoms with Crippen molar-refractivity contribution in [2.45, 2.75) is 65.7 Å². The molecule has 0 aliphatic rings. The molecule has 0 aliphatic carbocycles. The maximum absolute atomic E-state index is 9.62. The van der Waals surface area contributed by atoms with Gasteiger partial charge in [0.15, 0.2) is 17.0 Å². The smallest absolute Gasteiger partial charge is 0.227 e. The van der Waals surface area contributed by atoms with Gasteiger partial charge in [0, 0.05) is 18.6 Å². The highest BCUT2D eigenvalue weighted by Crippen LogP contribution is 2.29. The molecule has 0 saturated carbocycles. The first-order chi connectivity index (χ1) is 13.9. The Bertz CT molecular complexity index is 918. The van der Waals surface area contributed by atoms with E-state index in [0.717, 1.165) is 29.9 Å². The van der Waals surface area contributed by atoms with E-state index >= 15 is 0 Å². The van der Waals surface area contributed by atoms with Crippen LogP contribution < -0.4 is 10.2 Å². The third-order valence-electron chi connectivity index (χ3n) is 5.10. The van der Waals surface area contributed by atoms with Crippen molar-refractivity contribution < 1.29 is 5.11 Å². The average molecular weight is 397 g/mol. The predicted molar refractivity (Wildman–Crippen MR) is 118 cm³/mol. The van der Waals surface area contributed by atoms with Gasteiger partial charge >= 0.3 is 0 Å². The third kappa shape index (κ3) is 4.67. The minimum Gasteiger partial charge on any atom is -0.394 e. The van der Waals surface area contributed by atoms with E-state index in [1.807, 2.05) is 19.3 Å². The van der Waals surface area contributed by atoms with Gasteiger partial charge in [0.25, 0.3) is 0 Å². The van der Waals surface area contributed by atoms with Gasteiger partial charge in [-0.2, -0.15) is 9.97 Å². The Hall–Kier alpha value is -2.67. The second-order valence-electron chi connectivity index (χ2n) is 7.93. The maximum atomic E-state index is 9.62. The van der Waals surface area contributed by atoms with Crippen LogP contribution in [0.4, 0.5) is 11.8 Å². The van der Waals surface area contributed by atoms with E-state index in [0.29, 0.717) is 5.95 Å². The SMILES string of the molecule is CCC(CO)Nc1nc(N(Cc2ccccc2)C(C)C)c2ncn(C(C)C)c2n1. The molecule has 7 heteroatoms. The lowest BCUT2D eigenvalue weighted by Crippen LogP contribution is -2.32. The van der Waals surface area contributed by atoms with Gasteiger partial charge in [-0.1, -0.05) is 37.3 Å².